The quantitative estimate of drug-likeness (QED) is 0.271. The van der Waals surface area contributed by atoms with Crippen LogP contribution in [0.5, 0.6) is 5.75 Å². The zero-order valence-corrected chi connectivity index (χ0v) is 14.6. The lowest BCUT2D eigenvalue weighted by molar-refractivity contribution is 0.0734. The van der Waals surface area contributed by atoms with Crippen molar-refractivity contribution in [2.75, 3.05) is 0 Å². The van der Waals surface area contributed by atoms with Crippen LogP contribution in [0, 0.1) is 24.1 Å². The Morgan fingerprint density at radius 3 is 2.44 bits per heavy atom. The van der Waals surface area contributed by atoms with E-state index in [1.807, 2.05) is 19.1 Å². The number of hydrogen-bond acceptors (Lipinski definition) is 3. The van der Waals surface area contributed by atoms with E-state index in [1.165, 1.54) is 6.07 Å². The number of carbonyl (C=O) groups excluding carboxylic acids is 1. The summed E-state index contributed by atoms with van der Waals surface area (Å²) in [6, 6.07) is 22.0. The number of aryl methyl sites for hydroxylation is 1. The maximum atomic E-state index is 13.9. The van der Waals surface area contributed by atoms with Gasteiger partial charge in [0.05, 0.1) is 17.2 Å². The zero-order valence-electron chi connectivity index (χ0n) is 14.6. The molecule has 0 saturated carbocycles. The van der Waals surface area contributed by atoms with Crippen LogP contribution < -0.4 is 4.74 Å². The summed E-state index contributed by atoms with van der Waals surface area (Å²) >= 11 is 0. The Morgan fingerprint density at radius 2 is 1.78 bits per heavy atom. The second-order valence-electron chi connectivity index (χ2n) is 5.98. The molecule has 0 radical (unpaired) electrons. The first-order valence-corrected chi connectivity index (χ1v) is 8.32. The van der Waals surface area contributed by atoms with E-state index in [9.17, 15) is 14.4 Å². The molecule has 0 aliphatic carbocycles. The third-order valence-corrected chi connectivity index (χ3v) is 3.94. The van der Waals surface area contributed by atoms with Gasteiger partial charge in [0, 0.05) is 5.56 Å². The average Bonchev–Trinajstić information content (AvgIpc) is 2.68. The van der Waals surface area contributed by atoms with E-state index in [4.69, 9.17) is 4.74 Å². The Balaban J connectivity index is 1.78. The SMILES string of the molecule is Cc1cccc(C(=O)Oc2ccc(/C=C(/C#N)c3ccccc3F)cc2)c1. The maximum Gasteiger partial charge on any atom is 0.343 e. The van der Waals surface area contributed by atoms with Crippen LogP contribution in [0.25, 0.3) is 11.6 Å². The van der Waals surface area contributed by atoms with E-state index < -0.39 is 11.8 Å². The third kappa shape index (κ3) is 4.47. The Kier molecular flexibility index (Phi) is 5.44. The second-order valence-corrected chi connectivity index (χ2v) is 5.98. The van der Waals surface area contributed by atoms with Gasteiger partial charge in [-0.05, 0) is 48.9 Å². The van der Waals surface area contributed by atoms with Gasteiger partial charge in [-0.3, -0.25) is 0 Å². The smallest absolute Gasteiger partial charge is 0.343 e. The van der Waals surface area contributed by atoms with Gasteiger partial charge in [-0.15, -0.1) is 0 Å². The molecule has 0 aromatic heterocycles. The number of hydrogen-bond donors (Lipinski definition) is 0. The molecule has 0 fully saturated rings. The molecular weight excluding hydrogens is 341 g/mol. The molecule has 3 aromatic carbocycles. The fourth-order valence-corrected chi connectivity index (χ4v) is 2.59. The van der Waals surface area contributed by atoms with Crippen molar-refractivity contribution in [3.63, 3.8) is 0 Å². The monoisotopic (exact) mass is 357 g/mol. The Labute approximate surface area is 157 Å². The van der Waals surface area contributed by atoms with E-state index in [0.717, 1.165) is 5.56 Å². The highest BCUT2D eigenvalue weighted by Crippen LogP contribution is 2.22. The molecule has 0 saturated heterocycles. The van der Waals surface area contributed by atoms with Crippen LogP contribution in [0.3, 0.4) is 0 Å². The number of halogens is 1. The molecular formula is C23H16FNO2. The van der Waals surface area contributed by atoms with Crippen LogP contribution in [0.1, 0.15) is 27.0 Å². The van der Waals surface area contributed by atoms with Crippen LogP contribution in [0.15, 0.2) is 72.8 Å². The van der Waals surface area contributed by atoms with Gasteiger partial charge in [-0.25, -0.2) is 9.18 Å². The summed E-state index contributed by atoms with van der Waals surface area (Å²) in [7, 11) is 0. The van der Waals surface area contributed by atoms with Crippen molar-refractivity contribution in [2.24, 2.45) is 0 Å². The number of nitrogens with zero attached hydrogens (tertiary/aromatic N) is 1. The Bertz CT molecular complexity index is 1050. The molecule has 0 aliphatic heterocycles. The van der Waals surface area contributed by atoms with Crippen molar-refractivity contribution in [1.82, 2.24) is 0 Å². The van der Waals surface area contributed by atoms with E-state index >= 15 is 0 Å². The summed E-state index contributed by atoms with van der Waals surface area (Å²) in [5.41, 5.74) is 2.62. The molecule has 4 heteroatoms. The van der Waals surface area contributed by atoms with Gasteiger partial charge < -0.3 is 4.74 Å². The van der Waals surface area contributed by atoms with Crippen LogP contribution >= 0.6 is 0 Å². The summed E-state index contributed by atoms with van der Waals surface area (Å²) in [6.45, 7) is 1.90. The van der Waals surface area contributed by atoms with Crippen LogP contribution in [0.4, 0.5) is 4.39 Å². The summed E-state index contributed by atoms with van der Waals surface area (Å²) in [4.78, 5) is 12.2. The number of benzene rings is 3. The minimum atomic E-state index is -0.450. The third-order valence-electron chi connectivity index (χ3n) is 3.94. The van der Waals surface area contributed by atoms with Crippen molar-refractivity contribution in [2.45, 2.75) is 6.92 Å². The summed E-state index contributed by atoms with van der Waals surface area (Å²) in [6.07, 6.45) is 1.59. The molecule has 0 aliphatic rings. The molecule has 0 bridgehead atoms. The Morgan fingerprint density at radius 1 is 1.04 bits per heavy atom. The first-order valence-electron chi connectivity index (χ1n) is 8.32. The zero-order chi connectivity index (χ0) is 19.2. The van der Waals surface area contributed by atoms with E-state index in [-0.39, 0.29) is 11.1 Å². The lowest BCUT2D eigenvalue weighted by Gasteiger charge is -2.06. The minimum Gasteiger partial charge on any atom is -0.423 e. The van der Waals surface area contributed by atoms with Crippen molar-refractivity contribution in [3.05, 3.63) is 101 Å². The fourth-order valence-electron chi connectivity index (χ4n) is 2.59. The lowest BCUT2D eigenvalue weighted by Crippen LogP contribution is -2.08. The molecule has 0 atom stereocenters. The van der Waals surface area contributed by atoms with E-state index in [1.54, 1.807) is 66.7 Å². The topological polar surface area (TPSA) is 50.1 Å². The van der Waals surface area contributed by atoms with Gasteiger partial charge in [0.1, 0.15) is 11.6 Å². The number of rotatable bonds is 4. The largest absolute Gasteiger partial charge is 0.423 e. The standard InChI is InChI=1S/C23H16FNO2/c1-16-5-4-6-18(13-16)23(26)27-20-11-9-17(10-12-20)14-19(15-25)21-7-2-3-8-22(21)24/h2-14H,1H3/b19-14-. The van der Waals surface area contributed by atoms with Crippen molar-refractivity contribution in [1.29, 1.82) is 5.26 Å². The summed E-state index contributed by atoms with van der Waals surface area (Å²) in [5.74, 6) is -0.497. The fraction of sp³-hybridized carbons (Fsp3) is 0.0435. The van der Waals surface area contributed by atoms with Crippen molar-refractivity contribution >= 4 is 17.6 Å². The van der Waals surface area contributed by atoms with Crippen LogP contribution in [-0.2, 0) is 0 Å². The predicted octanol–water partition coefficient (Wildman–Crippen LogP) is 5.42. The predicted molar refractivity (Wildman–Crippen MR) is 102 cm³/mol. The van der Waals surface area contributed by atoms with Crippen molar-refractivity contribution in [3.8, 4) is 11.8 Å². The van der Waals surface area contributed by atoms with Crippen molar-refractivity contribution < 1.29 is 13.9 Å². The maximum absolute atomic E-state index is 13.9. The lowest BCUT2D eigenvalue weighted by atomic mass is 10.0. The first-order chi connectivity index (χ1) is 13.1. The number of ether oxygens (including phenoxy) is 1. The van der Waals surface area contributed by atoms with Gasteiger partial charge in [0.15, 0.2) is 0 Å². The molecule has 0 N–H and O–H groups in total. The molecule has 3 nitrogen and oxygen atoms in total. The summed E-state index contributed by atoms with van der Waals surface area (Å²) < 4.78 is 19.2. The summed E-state index contributed by atoms with van der Waals surface area (Å²) in [5, 5.41) is 9.33. The Hall–Kier alpha value is -3.71. The molecule has 27 heavy (non-hydrogen) atoms. The number of nitriles is 1. The van der Waals surface area contributed by atoms with Gasteiger partial charge in [0.25, 0.3) is 0 Å². The highest BCUT2D eigenvalue weighted by Gasteiger charge is 2.09. The molecule has 132 valence electrons. The molecule has 0 amide bonds. The van der Waals surface area contributed by atoms with Gasteiger partial charge in [-0.2, -0.15) is 5.26 Å². The average molecular weight is 357 g/mol. The number of esters is 1. The number of carbonyl (C=O) groups is 1. The normalized spacial score (nSPS) is 10.9. The van der Waals surface area contributed by atoms with Crippen LogP contribution in [-0.4, -0.2) is 5.97 Å². The highest BCUT2D eigenvalue weighted by molar-refractivity contribution is 5.91. The van der Waals surface area contributed by atoms with Crippen LogP contribution in [0.2, 0.25) is 0 Å². The molecule has 0 unspecified atom stereocenters. The van der Waals surface area contributed by atoms with E-state index in [2.05, 4.69) is 0 Å². The minimum absolute atomic E-state index is 0.220. The highest BCUT2D eigenvalue weighted by atomic mass is 19.1. The van der Waals surface area contributed by atoms with Gasteiger partial charge in [-0.1, -0.05) is 48.0 Å². The first kappa shape index (κ1) is 18.1. The van der Waals surface area contributed by atoms with Gasteiger partial charge >= 0.3 is 5.97 Å². The van der Waals surface area contributed by atoms with E-state index in [0.29, 0.717) is 16.9 Å². The molecule has 3 rings (SSSR count). The van der Waals surface area contributed by atoms with Gasteiger partial charge in [0.2, 0.25) is 0 Å². The molecule has 0 heterocycles. The second kappa shape index (κ2) is 8.11. The number of allylic oxidation sites excluding steroid dienone is 1. The molecule has 3 aromatic rings. The molecule has 0 spiro atoms.